The minimum atomic E-state index is -0.563. The summed E-state index contributed by atoms with van der Waals surface area (Å²) in [4.78, 5) is 15.3. The maximum atomic E-state index is 10.5. The largest absolute Gasteiger partial charge is 0.506 e. The molecule has 0 radical (unpaired) electrons. The molecule has 0 unspecified atom stereocenters. The number of nitrogens with one attached hydrogen (secondary N) is 1. The van der Waals surface area contributed by atoms with Crippen molar-refractivity contribution < 1.29 is 24.1 Å². The van der Waals surface area contributed by atoms with E-state index in [1.54, 1.807) is 26.4 Å². The number of phenols is 1. The van der Waals surface area contributed by atoms with Gasteiger partial charge in [-0.3, -0.25) is 9.69 Å². The molecule has 4 rings (SSSR count). The zero-order chi connectivity index (χ0) is 28.4. The van der Waals surface area contributed by atoms with E-state index in [2.05, 4.69) is 21.9 Å². The summed E-state index contributed by atoms with van der Waals surface area (Å²) in [5.74, 6) is 1.11. The number of aromatic hydroxyl groups is 1. The predicted molar refractivity (Wildman–Crippen MR) is 155 cm³/mol. The van der Waals surface area contributed by atoms with Crippen LogP contribution in [0.15, 0.2) is 54.6 Å². The number of nitrogens with zero attached hydrogens (tertiary/aromatic N) is 2. The molecule has 3 aromatic rings. The SMILES string of the molecule is COc1cc(C=N)cc(OC)c1OCCN1CCN(c2ccc(Cl)cc2)CC1.NC(=O)c1ccc(O)c(Cl)c1. The molecular formula is C28H32Cl2N4O5. The Morgan fingerprint density at radius 3 is 2.13 bits per heavy atom. The van der Waals surface area contributed by atoms with Gasteiger partial charge in [-0.25, -0.2) is 0 Å². The van der Waals surface area contributed by atoms with Gasteiger partial charge in [-0.2, -0.15) is 0 Å². The van der Waals surface area contributed by atoms with E-state index >= 15 is 0 Å². The van der Waals surface area contributed by atoms with Crippen LogP contribution in [0.2, 0.25) is 10.0 Å². The number of phenolic OH excluding ortho intramolecular Hbond substituents is 1. The summed E-state index contributed by atoms with van der Waals surface area (Å²) in [6.45, 7) is 5.27. The first kappa shape index (κ1) is 29.9. The Labute approximate surface area is 238 Å². The van der Waals surface area contributed by atoms with E-state index in [4.69, 9.17) is 53.7 Å². The molecule has 1 aliphatic rings. The third-order valence-corrected chi connectivity index (χ3v) is 6.65. The summed E-state index contributed by atoms with van der Waals surface area (Å²) < 4.78 is 16.8. The number of carbonyl (C=O) groups excluding carboxylic acids is 1. The maximum absolute atomic E-state index is 10.5. The Morgan fingerprint density at radius 1 is 1.00 bits per heavy atom. The van der Waals surface area contributed by atoms with Crippen LogP contribution in [0.4, 0.5) is 5.69 Å². The number of hydrogen-bond donors (Lipinski definition) is 3. The van der Waals surface area contributed by atoms with Gasteiger partial charge < -0.3 is 35.4 Å². The normalized spacial score (nSPS) is 13.2. The number of ether oxygens (including phenoxy) is 3. The quantitative estimate of drug-likeness (QED) is 0.316. The molecular weight excluding hydrogens is 543 g/mol. The molecule has 208 valence electrons. The highest BCUT2D eigenvalue weighted by atomic mass is 35.5. The summed E-state index contributed by atoms with van der Waals surface area (Å²) >= 11 is 11.5. The van der Waals surface area contributed by atoms with Crippen molar-refractivity contribution in [2.75, 3.05) is 58.5 Å². The van der Waals surface area contributed by atoms with E-state index in [0.29, 0.717) is 29.4 Å². The van der Waals surface area contributed by atoms with Crippen molar-refractivity contribution >= 4 is 41.0 Å². The Hall–Kier alpha value is -3.66. The molecule has 1 fully saturated rings. The van der Waals surface area contributed by atoms with Gasteiger partial charge in [0.05, 0.1) is 19.2 Å². The Morgan fingerprint density at radius 2 is 1.62 bits per heavy atom. The fourth-order valence-corrected chi connectivity index (χ4v) is 4.25. The van der Waals surface area contributed by atoms with Crippen LogP contribution >= 0.6 is 23.2 Å². The van der Waals surface area contributed by atoms with Crippen LogP contribution < -0.4 is 24.8 Å². The highest BCUT2D eigenvalue weighted by molar-refractivity contribution is 6.32. The third-order valence-electron chi connectivity index (χ3n) is 6.10. The Bertz CT molecular complexity index is 1240. The van der Waals surface area contributed by atoms with E-state index in [1.165, 1.54) is 30.1 Å². The molecule has 0 spiro atoms. The van der Waals surface area contributed by atoms with Crippen molar-refractivity contribution in [3.8, 4) is 23.0 Å². The maximum Gasteiger partial charge on any atom is 0.248 e. The molecule has 1 heterocycles. The van der Waals surface area contributed by atoms with Gasteiger partial charge in [0.25, 0.3) is 0 Å². The van der Waals surface area contributed by atoms with Crippen LogP contribution in [0.5, 0.6) is 23.0 Å². The lowest BCUT2D eigenvalue weighted by molar-refractivity contribution is 0.100. The highest BCUT2D eigenvalue weighted by Crippen LogP contribution is 2.38. The fourth-order valence-electron chi connectivity index (χ4n) is 3.94. The van der Waals surface area contributed by atoms with E-state index in [1.807, 2.05) is 12.1 Å². The van der Waals surface area contributed by atoms with Gasteiger partial charge in [-0.05, 0) is 60.2 Å². The van der Waals surface area contributed by atoms with E-state index in [0.717, 1.165) is 37.7 Å². The first-order valence-corrected chi connectivity index (χ1v) is 12.9. The van der Waals surface area contributed by atoms with E-state index in [-0.39, 0.29) is 16.3 Å². The molecule has 0 bridgehead atoms. The molecule has 0 aromatic heterocycles. The average molecular weight is 575 g/mol. The number of rotatable bonds is 9. The van der Waals surface area contributed by atoms with Crippen LogP contribution in [-0.4, -0.2) is 75.7 Å². The van der Waals surface area contributed by atoms with E-state index < -0.39 is 5.91 Å². The lowest BCUT2D eigenvalue weighted by Crippen LogP contribution is -2.47. The smallest absolute Gasteiger partial charge is 0.248 e. The van der Waals surface area contributed by atoms with Gasteiger partial charge in [0.2, 0.25) is 11.7 Å². The van der Waals surface area contributed by atoms with Crippen molar-refractivity contribution in [2.45, 2.75) is 0 Å². The second-order valence-corrected chi connectivity index (χ2v) is 9.43. The third kappa shape index (κ3) is 8.41. The summed E-state index contributed by atoms with van der Waals surface area (Å²) in [6.07, 6.45) is 1.26. The van der Waals surface area contributed by atoms with Crippen LogP contribution in [0.3, 0.4) is 0 Å². The first-order valence-electron chi connectivity index (χ1n) is 12.2. The minimum absolute atomic E-state index is 0.0586. The standard InChI is InChI=1S/C21H26ClN3O3.C7H6ClNO2/c1-26-19-13-16(15-23)14-20(27-2)21(19)28-12-11-24-7-9-25(10-8-24)18-5-3-17(22)4-6-18;8-5-3-4(7(9)11)1-2-6(5)10/h3-6,13-15,23H,7-12H2,1-2H3;1-3,10H,(H2,9,11). The van der Waals surface area contributed by atoms with Crippen molar-refractivity contribution in [1.29, 1.82) is 5.41 Å². The molecule has 0 atom stereocenters. The Kier molecular flexibility index (Phi) is 11.1. The molecule has 11 heteroatoms. The number of primary amides is 1. The number of carbonyl (C=O) groups is 1. The van der Waals surface area contributed by atoms with Crippen LogP contribution in [-0.2, 0) is 0 Å². The molecule has 39 heavy (non-hydrogen) atoms. The predicted octanol–water partition coefficient (Wildman–Crippen LogP) is 4.70. The summed E-state index contributed by atoms with van der Waals surface area (Å²) in [7, 11) is 3.18. The lowest BCUT2D eigenvalue weighted by atomic mass is 10.2. The van der Waals surface area contributed by atoms with E-state index in [9.17, 15) is 4.79 Å². The number of hydrogen-bond acceptors (Lipinski definition) is 8. The molecule has 3 aromatic carbocycles. The molecule has 1 saturated heterocycles. The van der Waals surface area contributed by atoms with Gasteiger partial charge in [0, 0.05) is 55.2 Å². The van der Waals surface area contributed by atoms with Gasteiger partial charge in [0.15, 0.2) is 11.5 Å². The van der Waals surface area contributed by atoms with Gasteiger partial charge >= 0.3 is 0 Å². The summed E-state index contributed by atoms with van der Waals surface area (Å²) in [6, 6.07) is 15.6. The number of halogens is 2. The first-order chi connectivity index (χ1) is 18.7. The molecule has 1 amide bonds. The van der Waals surface area contributed by atoms with Crippen LogP contribution in [0.1, 0.15) is 15.9 Å². The Balaban J connectivity index is 0.000000320. The molecule has 1 aliphatic heterocycles. The lowest BCUT2D eigenvalue weighted by Gasteiger charge is -2.36. The highest BCUT2D eigenvalue weighted by Gasteiger charge is 2.18. The molecule has 0 saturated carbocycles. The zero-order valence-electron chi connectivity index (χ0n) is 21.8. The average Bonchev–Trinajstić information content (AvgIpc) is 2.95. The van der Waals surface area contributed by atoms with Crippen LogP contribution in [0, 0.1) is 5.41 Å². The number of anilines is 1. The number of amides is 1. The second-order valence-electron chi connectivity index (χ2n) is 8.58. The van der Waals surface area contributed by atoms with Gasteiger partial charge in [-0.1, -0.05) is 23.2 Å². The zero-order valence-corrected chi connectivity index (χ0v) is 23.3. The molecule has 9 nitrogen and oxygen atoms in total. The molecule has 0 aliphatic carbocycles. The van der Waals surface area contributed by atoms with Crippen molar-refractivity contribution in [1.82, 2.24) is 4.90 Å². The fraction of sp³-hybridized carbons (Fsp3) is 0.286. The summed E-state index contributed by atoms with van der Waals surface area (Å²) in [5, 5.41) is 17.3. The van der Waals surface area contributed by atoms with Crippen molar-refractivity contribution in [3.63, 3.8) is 0 Å². The number of piperazine rings is 1. The minimum Gasteiger partial charge on any atom is -0.506 e. The number of methoxy groups -OCH3 is 2. The van der Waals surface area contributed by atoms with Crippen LogP contribution in [0.25, 0.3) is 0 Å². The van der Waals surface area contributed by atoms with Crippen molar-refractivity contribution in [2.24, 2.45) is 5.73 Å². The number of nitrogens with two attached hydrogens (primary N) is 1. The number of benzene rings is 3. The van der Waals surface area contributed by atoms with Gasteiger partial charge in [-0.15, -0.1) is 0 Å². The molecule has 4 N–H and O–H groups in total. The topological polar surface area (TPSA) is 121 Å². The van der Waals surface area contributed by atoms with Crippen molar-refractivity contribution in [3.05, 3.63) is 75.8 Å². The second kappa shape index (κ2) is 14.5. The summed E-state index contributed by atoms with van der Waals surface area (Å²) in [5.41, 5.74) is 7.16. The monoisotopic (exact) mass is 574 g/mol. The van der Waals surface area contributed by atoms with Gasteiger partial charge in [0.1, 0.15) is 12.4 Å².